The van der Waals surface area contributed by atoms with Gasteiger partial charge in [-0.1, -0.05) is 0 Å². The molecule has 16 aromatic heterocycles. The van der Waals surface area contributed by atoms with Crippen LogP contribution in [0, 0.1) is 17.8 Å². The first-order valence-corrected chi connectivity index (χ1v) is 47.4. The second kappa shape index (κ2) is 37.3. The van der Waals surface area contributed by atoms with Gasteiger partial charge in [0.15, 0.2) is 22.6 Å². The lowest BCUT2D eigenvalue weighted by atomic mass is 9.80. The number of fused-ring (bicyclic) bond motifs is 9. The molecule has 0 bridgehead atoms. The van der Waals surface area contributed by atoms with Crippen molar-refractivity contribution in [3.05, 3.63) is 169 Å². The number of pyridine rings is 4. The standard InChI is InChI=1S/C25H29N7O3.2C24H26FN7O3.C24H25N7O3/c1-26-22-10-20(29-24-17(11-28-32(22)24)25(34)30-19-5-6-21(19)33)18-12-31(15-8-14(9-15)13-35-2)23-16(18)4-3-7-27-23;2*1-26-21-9-18(29-23-14(10-28-32(21)23)24(34)30-17-4-5-20(17)33)15-11-31(19-6-8-35-12-16(19)25)22-13(15)3-2-7-27-22;1-25-20-7-18(28-23-13(8-27-31(20)23)24(33)29-17-4-5-19(17)32)14-9-30(21-15-10-34-11-16(15)21)22-12(14)3-2-6-26-22/h3-4,7,10-12,14-15,19,21,26,33H,5-6,8-9,13H2,1-2H3,(H,30,34);2*2-3,7,9-11,16-17,19-20,26,33H,4-6,8,12H2,1H3,(H,30,34);2-3,6-9,15-17,19,21,25,32H,4-5,10-11H2,1H3,(H,29,33)/t14?,15?,19-,21+;16-,17+,19-,20-;16-,17-,19-,20+;15-,16+,17-,19-,21?/m1000/s1. The fourth-order valence-corrected chi connectivity index (χ4v) is 20.4. The number of amides is 4. The van der Waals surface area contributed by atoms with Gasteiger partial charge in [0.05, 0.1) is 135 Å². The van der Waals surface area contributed by atoms with E-state index in [-0.39, 0.29) is 73.1 Å². The summed E-state index contributed by atoms with van der Waals surface area (Å²) in [7, 11) is 8.93. The smallest absolute Gasteiger partial charge is 0.257 e. The molecule has 19 heterocycles. The summed E-state index contributed by atoms with van der Waals surface area (Å²) in [5.74, 6) is 3.18. The average Bonchev–Trinajstić information content (AvgIpc) is 1.55. The van der Waals surface area contributed by atoms with E-state index in [1.54, 1.807) is 51.7 Å². The maximum absolute atomic E-state index is 14.8. The summed E-state index contributed by atoms with van der Waals surface area (Å²) in [4.78, 5) is 89.8. The Labute approximate surface area is 792 Å². The number of nitrogens with zero attached hydrogens (tertiary/aromatic N) is 20. The quantitative estimate of drug-likeness (QED) is 0.0301. The molecule has 15 atom stereocenters. The molecule has 3 saturated heterocycles. The summed E-state index contributed by atoms with van der Waals surface area (Å²) in [6, 6.07) is 22.2. The molecule has 6 aliphatic carbocycles. The number of carbonyl (C=O) groups is 4. The van der Waals surface area contributed by atoms with E-state index >= 15 is 0 Å². The minimum absolute atomic E-state index is 0.0601. The molecule has 3 aliphatic heterocycles. The van der Waals surface area contributed by atoms with Gasteiger partial charge in [-0.05, 0) is 131 Å². The molecular formula is C97H106F2N28O12. The van der Waals surface area contributed by atoms with Gasteiger partial charge in [0, 0.05) is 197 Å². The zero-order valence-electron chi connectivity index (χ0n) is 76.9. The van der Waals surface area contributed by atoms with Gasteiger partial charge in [0.2, 0.25) is 0 Å². The van der Waals surface area contributed by atoms with Crippen molar-refractivity contribution in [3.63, 3.8) is 0 Å². The van der Waals surface area contributed by atoms with Gasteiger partial charge >= 0.3 is 0 Å². The number of ether oxygens (including phenoxy) is 4. The van der Waals surface area contributed by atoms with E-state index in [0.29, 0.717) is 161 Å². The minimum Gasteiger partial charge on any atom is -0.391 e. The number of anilines is 4. The summed E-state index contributed by atoms with van der Waals surface area (Å²) in [5, 5.41) is 84.9. The molecular weight excluding hydrogens is 1790 g/mol. The van der Waals surface area contributed by atoms with E-state index in [9.17, 15) is 48.4 Å². The number of carbonyl (C=O) groups excluding carboxylic acids is 4. The fourth-order valence-electron chi connectivity index (χ4n) is 20.4. The molecule has 40 nitrogen and oxygen atoms in total. The molecule has 25 rings (SSSR count). The van der Waals surface area contributed by atoms with Crippen molar-refractivity contribution in [3.8, 4) is 45.0 Å². The lowest BCUT2D eigenvalue weighted by Gasteiger charge is -2.36. The predicted octanol–water partition coefficient (Wildman–Crippen LogP) is 9.18. The topological polar surface area (TPSA) is 474 Å². The third-order valence-electron chi connectivity index (χ3n) is 29.0. The van der Waals surface area contributed by atoms with Crippen LogP contribution >= 0.6 is 0 Å². The van der Waals surface area contributed by atoms with Gasteiger partial charge in [-0.25, -0.2) is 48.7 Å². The van der Waals surface area contributed by atoms with Crippen LogP contribution in [0.3, 0.4) is 0 Å². The first-order chi connectivity index (χ1) is 67.8. The van der Waals surface area contributed by atoms with Crippen LogP contribution < -0.4 is 42.5 Å². The highest BCUT2D eigenvalue weighted by Gasteiger charge is 2.56. The second-order valence-corrected chi connectivity index (χ2v) is 37.2. The Balaban J connectivity index is 0.000000107. The predicted molar refractivity (Wildman–Crippen MR) is 510 cm³/mol. The fraction of sp³-hybridized carbons (Fsp3) is 0.423. The van der Waals surface area contributed by atoms with Crippen LogP contribution in [0.4, 0.5) is 32.1 Å². The van der Waals surface area contributed by atoms with E-state index in [1.165, 1.54) is 24.8 Å². The number of rotatable bonds is 22. The summed E-state index contributed by atoms with van der Waals surface area (Å²) in [6.45, 7) is 3.49. The molecule has 12 N–H and O–H groups in total. The Morgan fingerprint density at radius 3 is 0.986 bits per heavy atom. The van der Waals surface area contributed by atoms with E-state index < -0.39 is 36.8 Å². The van der Waals surface area contributed by atoms with Crippen LogP contribution in [0.1, 0.15) is 143 Å². The lowest BCUT2D eigenvalue weighted by Crippen LogP contribution is -2.50. The SMILES string of the molecule is CNc1cc(-c2cn(C3CC(COC)C3)c3ncccc23)nc2c(C(=O)N[C@@H]3CC[C@@H]3O)cnn12.CNc1cc(-c2cn(C3[C@H]4COC[C@@H]34)c3ncccc23)nc2c(C(=O)N[C@H]3CC[C@@H]3O)cnn12.CNc1cc(-c2cn([C@H]3CCOC[C@@H]3F)c3ncccc23)nc2c(C(=O)N[C@@H]3CC[C@@H]3O)cnn12.CNc1cc(-c2cn([C@H]3CCOC[C@@H]3F)c3ncccc23)nc2c(C(=O)N[C@H]3CC[C@H]3O)cnn12. The van der Waals surface area contributed by atoms with Crippen LogP contribution in [-0.2, 0) is 18.9 Å². The number of aliphatic hydroxyl groups is 4. The van der Waals surface area contributed by atoms with Crippen LogP contribution in [0.5, 0.6) is 0 Å². The Morgan fingerprint density at radius 2 is 0.698 bits per heavy atom. The average molecular weight is 1890 g/mol. The molecule has 720 valence electrons. The number of hydrogen-bond acceptors (Lipinski definition) is 28. The molecule has 42 heteroatoms. The number of halogens is 2. The van der Waals surface area contributed by atoms with Gasteiger partial charge in [0.25, 0.3) is 23.6 Å². The maximum atomic E-state index is 14.8. The summed E-state index contributed by atoms with van der Waals surface area (Å²) < 4.78 is 65.8. The van der Waals surface area contributed by atoms with E-state index in [4.69, 9.17) is 38.9 Å². The lowest BCUT2D eigenvalue weighted by molar-refractivity contribution is 0.00443. The molecule has 9 aliphatic rings. The van der Waals surface area contributed by atoms with Crippen molar-refractivity contribution in [1.29, 1.82) is 0 Å². The Hall–Kier alpha value is -14.1. The minimum atomic E-state index is -1.13. The van der Waals surface area contributed by atoms with E-state index in [0.717, 1.165) is 136 Å². The highest BCUT2D eigenvalue weighted by molar-refractivity contribution is 6.05. The molecule has 16 aromatic rings. The number of aromatic nitrogens is 20. The first-order valence-electron chi connectivity index (χ1n) is 47.4. The normalized spacial score (nSPS) is 25.0. The number of hydrogen-bond donors (Lipinski definition) is 12. The number of aliphatic hydroxyl groups excluding tert-OH is 4. The second-order valence-electron chi connectivity index (χ2n) is 37.2. The Kier molecular flexibility index (Phi) is 24.2. The van der Waals surface area contributed by atoms with Gasteiger partial charge in [-0.3, -0.25) is 19.2 Å². The van der Waals surface area contributed by atoms with Crippen molar-refractivity contribution in [2.45, 2.75) is 162 Å². The highest BCUT2D eigenvalue weighted by atomic mass is 19.1. The zero-order valence-corrected chi connectivity index (χ0v) is 76.9. The zero-order chi connectivity index (χ0) is 95.3. The monoisotopic (exact) mass is 1890 g/mol. The molecule has 1 unspecified atom stereocenters. The van der Waals surface area contributed by atoms with Crippen LogP contribution in [-0.4, -0.2) is 283 Å². The summed E-state index contributed by atoms with van der Waals surface area (Å²) >= 11 is 0. The molecule has 0 spiro atoms. The van der Waals surface area contributed by atoms with Crippen molar-refractivity contribution in [2.75, 3.05) is 103 Å². The third-order valence-corrected chi connectivity index (χ3v) is 29.0. The van der Waals surface area contributed by atoms with Crippen molar-refractivity contribution in [1.82, 2.24) is 118 Å². The number of methoxy groups -OCH3 is 1. The van der Waals surface area contributed by atoms with E-state index in [2.05, 4.69) is 117 Å². The number of alkyl halides is 2. The molecule has 6 saturated carbocycles. The summed E-state index contributed by atoms with van der Waals surface area (Å²) in [6.07, 6.45) is 25.8. The third kappa shape index (κ3) is 16.4. The van der Waals surface area contributed by atoms with Crippen molar-refractivity contribution >= 4 is 114 Å². The first kappa shape index (κ1) is 90.0. The maximum Gasteiger partial charge on any atom is 0.257 e. The van der Waals surface area contributed by atoms with Crippen molar-refractivity contribution in [2.24, 2.45) is 17.8 Å². The molecule has 139 heavy (non-hydrogen) atoms. The highest BCUT2D eigenvalue weighted by Crippen LogP contribution is 2.56. The van der Waals surface area contributed by atoms with Crippen LogP contribution in [0.15, 0.2) is 147 Å². The molecule has 9 fully saturated rings. The number of nitrogens with one attached hydrogen (secondary N) is 8. The van der Waals surface area contributed by atoms with Crippen LogP contribution in [0.2, 0.25) is 0 Å². The van der Waals surface area contributed by atoms with Crippen LogP contribution in [0.25, 0.3) is 112 Å². The Morgan fingerprint density at radius 1 is 0.396 bits per heavy atom. The van der Waals surface area contributed by atoms with Gasteiger partial charge in [-0.15, -0.1) is 0 Å². The van der Waals surface area contributed by atoms with Gasteiger partial charge < -0.3 is 100 Å². The Bertz CT molecular complexity index is 7180. The van der Waals surface area contributed by atoms with Gasteiger partial charge in [-0.2, -0.15) is 38.5 Å². The summed E-state index contributed by atoms with van der Waals surface area (Å²) in [5.41, 5.74) is 12.5. The van der Waals surface area contributed by atoms with E-state index in [1.807, 2.05) is 109 Å². The van der Waals surface area contributed by atoms with Gasteiger partial charge in [0.1, 0.15) is 80.5 Å². The largest absolute Gasteiger partial charge is 0.391 e. The molecule has 0 radical (unpaired) electrons. The molecule has 0 aromatic carbocycles. The van der Waals surface area contributed by atoms with Crippen molar-refractivity contribution < 1.29 is 67.3 Å². The molecule has 4 amide bonds.